The topological polar surface area (TPSA) is 61.7 Å². The van der Waals surface area contributed by atoms with Gasteiger partial charge in [-0.25, -0.2) is 0 Å². The maximum atomic E-state index is 9.17. The molecule has 1 aromatic carbocycles. The molecule has 0 saturated carbocycles. The van der Waals surface area contributed by atoms with Crippen molar-refractivity contribution in [3.63, 3.8) is 0 Å². The fraction of sp³-hybridized carbons (Fsp3) is 0.538. The Kier molecular flexibility index (Phi) is 5.97. The van der Waals surface area contributed by atoms with Gasteiger partial charge in [0, 0.05) is 13.1 Å². The molecule has 3 N–H and O–H groups in total. The van der Waals surface area contributed by atoms with Crippen LogP contribution in [0.2, 0.25) is 0 Å². The van der Waals surface area contributed by atoms with E-state index < -0.39 is 6.10 Å². The van der Waals surface area contributed by atoms with Gasteiger partial charge in [-0.15, -0.1) is 0 Å². The predicted octanol–water partition coefficient (Wildman–Crippen LogP) is 0.837. The molecule has 4 heteroatoms. The van der Waals surface area contributed by atoms with E-state index in [0.717, 1.165) is 16.9 Å². The molecule has 0 spiro atoms. The zero-order valence-corrected chi connectivity index (χ0v) is 10.4. The molecule has 1 aromatic rings. The molecule has 1 unspecified atom stereocenters. The van der Waals surface area contributed by atoms with Gasteiger partial charge < -0.3 is 20.3 Å². The van der Waals surface area contributed by atoms with E-state index in [0.29, 0.717) is 19.7 Å². The maximum absolute atomic E-state index is 9.17. The van der Waals surface area contributed by atoms with Crippen molar-refractivity contribution in [3.05, 3.63) is 29.3 Å². The molecule has 0 bridgehead atoms. The number of aryl methyl sites for hydroxylation is 1. The van der Waals surface area contributed by atoms with Gasteiger partial charge in [0.05, 0.1) is 19.3 Å². The van der Waals surface area contributed by atoms with Crippen LogP contribution in [-0.4, -0.2) is 36.1 Å². The van der Waals surface area contributed by atoms with Crippen LogP contribution in [0.5, 0.6) is 5.75 Å². The summed E-state index contributed by atoms with van der Waals surface area (Å²) in [5.74, 6) is 0.909. The summed E-state index contributed by atoms with van der Waals surface area (Å²) in [5.41, 5.74) is 2.24. The molecule has 0 aliphatic rings. The van der Waals surface area contributed by atoms with Crippen LogP contribution in [0.25, 0.3) is 0 Å². The monoisotopic (exact) mass is 239 g/mol. The highest BCUT2D eigenvalue weighted by Crippen LogP contribution is 2.18. The molecule has 0 radical (unpaired) electrons. The molecule has 0 heterocycles. The molecular formula is C13H21NO3. The first-order valence-electron chi connectivity index (χ1n) is 5.89. The van der Waals surface area contributed by atoms with Gasteiger partial charge in [0.2, 0.25) is 0 Å². The lowest BCUT2D eigenvalue weighted by molar-refractivity contribution is 0.0942. The Hall–Kier alpha value is -1.10. The number of ether oxygens (including phenoxy) is 1. The second-order valence-electron chi connectivity index (χ2n) is 4.00. The molecule has 0 aliphatic carbocycles. The fourth-order valence-corrected chi connectivity index (χ4v) is 1.59. The highest BCUT2D eigenvalue weighted by atomic mass is 16.5. The van der Waals surface area contributed by atoms with E-state index in [9.17, 15) is 5.11 Å². The van der Waals surface area contributed by atoms with Gasteiger partial charge in [0.25, 0.3) is 0 Å². The molecule has 0 saturated heterocycles. The summed E-state index contributed by atoms with van der Waals surface area (Å²) in [6, 6.07) is 6.01. The average molecular weight is 239 g/mol. The lowest BCUT2D eigenvalue weighted by atomic mass is 10.1. The van der Waals surface area contributed by atoms with Gasteiger partial charge in [-0.1, -0.05) is 12.1 Å². The van der Waals surface area contributed by atoms with E-state index in [-0.39, 0.29) is 6.61 Å². The van der Waals surface area contributed by atoms with Gasteiger partial charge in [-0.05, 0) is 31.0 Å². The molecule has 1 atom stereocenters. The summed E-state index contributed by atoms with van der Waals surface area (Å²) < 4.78 is 5.46. The van der Waals surface area contributed by atoms with E-state index in [1.54, 1.807) is 0 Å². The van der Waals surface area contributed by atoms with Gasteiger partial charge in [-0.3, -0.25) is 0 Å². The zero-order valence-electron chi connectivity index (χ0n) is 10.4. The van der Waals surface area contributed by atoms with Crippen molar-refractivity contribution in [3.8, 4) is 5.75 Å². The van der Waals surface area contributed by atoms with Crippen LogP contribution in [0.4, 0.5) is 0 Å². The summed E-state index contributed by atoms with van der Waals surface area (Å²) in [4.78, 5) is 0. The second-order valence-corrected chi connectivity index (χ2v) is 4.00. The van der Waals surface area contributed by atoms with Crippen LogP contribution in [0.15, 0.2) is 18.2 Å². The number of benzene rings is 1. The first kappa shape index (κ1) is 14.0. The predicted molar refractivity (Wildman–Crippen MR) is 67.1 cm³/mol. The molecule has 0 fully saturated rings. The largest absolute Gasteiger partial charge is 0.494 e. The summed E-state index contributed by atoms with van der Waals surface area (Å²) in [6.45, 7) is 5.49. The van der Waals surface area contributed by atoms with E-state index in [1.165, 1.54) is 0 Å². The highest BCUT2D eigenvalue weighted by Gasteiger charge is 2.03. The Bertz CT molecular complexity index is 341. The van der Waals surface area contributed by atoms with E-state index in [2.05, 4.69) is 11.4 Å². The number of hydrogen-bond donors (Lipinski definition) is 3. The number of aliphatic hydroxyl groups excluding tert-OH is 2. The van der Waals surface area contributed by atoms with Crippen LogP contribution in [-0.2, 0) is 6.54 Å². The summed E-state index contributed by atoms with van der Waals surface area (Å²) in [5, 5.41) is 20.9. The number of hydrogen-bond acceptors (Lipinski definition) is 4. The molecule has 96 valence electrons. The van der Waals surface area contributed by atoms with Crippen molar-refractivity contribution in [2.24, 2.45) is 0 Å². The van der Waals surface area contributed by atoms with E-state index in [1.807, 2.05) is 26.0 Å². The highest BCUT2D eigenvalue weighted by molar-refractivity contribution is 5.36. The normalized spacial score (nSPS) is 12.5. The number of rotatable bonds is 7. The minimum absolute atomic E-state index is 0.213. The summed E-state index contributed by atoms with van der Waals surface area (Å²) >= 11 is 0. The van der Waals surface area contributed by atoms with Crippen LogP contribution in [0, 0.1) is 6.92 Å². The second kappa shape index (κ2) is 7.27. The van der Waals surface area contributed by atoms with Crippen LogP contribution < -0.4 is 10.1 Å². The lowest BCUT2D eigenvalue weighted by Crippen LogP contribution is -2.28. The van der Waals surface area contributed by atoms with Crippen molar-refractivity contribution in [1.82, 2.24) is 5.32 Å². The quantitative estimate of drug-likeness (QED) is 0.660. The third-order valence-corrected chi connectivity index (χ3v) is 2.46. The lowest BCUT2D eigenvalue weighted by Gasteiger charge is -2.11. The Labute approximate surface area is 102 Å². The molecule has 4 nitrogen and oxygen atoms in total. The van der Waals surface area contributed by atoms with E-state index >= 15 is 0 Å². The molecule has 0 aliphatic heterocycles. The Morgan fingerprint density at radius 2 is 2.18 bits per heavy atom. The van der Waals surface area contributed by atoms with Gasteiger partial charge >= 0.3 is 0 Å². The third kappa shape index (κ3) is 4.73. The standard InChI is InChI=1S/C13H21NO3/c1-3-17-13-5-4-11(6-10(13)2)7-14-8-12(16)9-15/h4-6,12,14-16H,3,7-9H2,1-2H3. The van der Waals surface area contributed by atoms with Crippen molar-refractivity contribution in [2.75, 3.05) is 19.8 Å². The smallest absolute Gasteiger partial charge is 0.122 e. The number of aliphatic hydroxyl groups is 2. The van der Waals surface area contributed by atoms with E-state index in [4.69, 9.17) is 9.84 Å². The number of nitrogens with one attached hydrogen (secondary N) is 1. The van der Waals surface area contributed by atoms with Crippen molar-refractivity contribution < 1.29 is 14.9 Å². The fourth-order valence-electron chi connectivity index (χ4n) is 1.59. The van der Waals surface area contributed by atoms with Crippen LogP contribution in [0.3, 0.4) is 0 Å². The third-order valence-electron chi connectivity index (χ3n) is 2.46. The molecular weight excluding hydrogens is 218 g/mol. The van der Waals surface area contributed by atoms with Crippen molar-refractivity contribution in [2.45, 2.75) is 26.5 Å². The average Bonchev–Trinajstić information content (AvgIpc) is 2.32. The van der Waals surface area contributed by atoms with Gasteiger partial charge in [0.1, 0.15) is 5.75 Å². The summed E-state index contributed by atoms with van der Waals surface area (Å²) in [6.07, 6.45) is -0.696. The first-order chi connectivity index (χ1) is 8.17. The zero-order chi connectivity index (χ0) is 12.7. The van der Waals surface area contributed by atoms with Crippen molar-refractivity contribution >= 4 is 0 Å². The van der Waals surface area contributed by atoms with Crippen LogP contribution in [0.1, 0.15) is 18.1 Å². The molecule has 1 rings (SSSR count). The minimum atomic E-state index is -0.696. The van der Waals surface area contributed by atoms with Gasteiger partial charge in [-0.2, -0.15) is 0 Å². The Morgan fingerprint density at radius 1 is 1.41 bits per heavy atom. The Balaban J connectivity index is 2.47. The molecule has 0 amide bonds. The minimum Gasteiger partial charge on any atom is -0.494 e. The Morgan fingerprint density at radius 3 is 2.76 bits per heavy atom. The van der Waals surface area contributed by atoms with Crippen LogP contribution >= 0.6 is 0 Å². The maximum Gasteiger partial charge on any atom is 0.122 e. The first-order valence-corrected chi connectivity index (χ1v) is 5.89. The molecule has 0 aromatic heterocycles. The van der Waals surface area contributed by atoms with Gasteiger partial charge in [0.15, 0.2) is 0 Å². The van der Waals surface area contributed by atoms with Crippen molar-refractivity contribution in [1.29, 1.82) is 0 Å². The SMILES string of the molecule is CCOc1ccc(CNCC(O)CO)cc1C. The molecule has 17 heavy (non-hydrogen) atoms. The summed E-state index contributed by atoms with van der Waals surface area (Å²) in [7, 11) is 0.